The summed E-state index contributed by atoms with van der Waals surface area (Å²) in [6, 6.07) is 6.84. The first-order valence-corrected chi connectivity index (χ1v) is 6.93. The van der Waals surface area contributed by atoms with Crippen molar-refractivity contribution >= 4 is 0 Å². The lowest BCUT2D eigenvalue weighted by atomic mass is 10.1. The molecule has 2 aromatic rings. The zero-order valence-electron chi connectivity index (χ0n) is 11.9. The fraction of sp³-hybridized carbons (Fsp3) is 0.467. The summed E-state index contributed by atoms with van der Waals surface area (Å²) in [5.74, 6) is 1.07. The average Bonchev–Trinajstić information content (AvgIpc) is 2.85. The zero-order chi connectivity index (χ0) is 14.4. The standard InChI is InChI=1S/C15H20FN3O/c1-11(2)17-9-3-4-15-18-14(19-20-15)10-12-5-7-13(16)8-6-12/h5-8,11,17H,3-4,9-10H2,1-2H3. The number of hydrogen-bond acceptors (Lipinski definition) is 4. The van der Waals surface area contributed by atoms with Gasteiger partial charge in [0.05, 0.1) is 0 Å². The summed E-state index contributed by atoms with van der Waals surface area (Å²) >= 11 is 0. The van der Waals surface area contributed by atoms with E-state index in [4.69, 9.17) is 4.52 Å². The predicted octanol–water partition coefficient (Wildman–Crippen LogP) is 2.73. The molecule has 0 bridgehead atoms. The van der Waals surface area contributed by atoms with Gasteiger partial charge in [-0.15, -0.1) is 0 Å². The summed E-state index contributed by atoms with van der Waals surface area (Å²) < 4.78 is 18.0. The van der Waals surface area contributed by atoms with Gasteiger partial charge in [-0.2, -0.15) is 4.98 Å². The van der Waals surface area contributed by atoms with Crippen LogP contribution < -0.4 is 5.32 Å². The maximum Gasteiger partial charge on any atom is 0.226 e. The molecule has 0 saturated carbocycles. The van der Waals surface area contributed by atoms with Gasteiger partial charge in [-0.25, -0.2) is 4.39 Å². The van der Waals surface area contributed by atoms with Gasteiger partial charge >= 0.3 is 0 Å². The first-order valence-electron chi connectivity index (χ1n) is 6.93. The van der Waals surface area contributed by atoms with Crippen molar-refractivity contribution in [3.63, 3.8) is 0 Å². The van der Waals surface area contributed by atoms with E-state index in [9.17, 15) is 4.39 Å². The molecule has 4 nitrogen and oxygen atoms in total. The molecule has 5 heteroatoms. The molecule has 0 atom stereocenters. The van der Waals surface area contributed by atoms with E-state index in [0.29, 0.717) is 24.2 Å². The third-order valence-electron chi connectivity index (χ3n) is 2.91. The molecule has 0 radical (unpaired) electrons. The van der Waals surface area contributed by atoms with Crippen LogP contribution in [0.1, 0.15) is 37.5 Å². The van der Waals surface area contributed by atoms with Gasteiger partial charge < -0.3 is 9.84 Å². The van der Waals surface area contributed by atoms with Gasteiger partial charge in [0.25, 0.3) is 0 Å². The maximum absolute atomic E-state index is 12.8. The second-order valence-corrected chi connectivity index (χ2v) is 5.12. The minimum atomic E-state index is -0.236. The van der Waals surface area contributed by atoms with Crippen molar-refractivity contribution in [2.75, 3.05) is 6.54 Å². The van der Waals surface area contributed by atoms with Gasteiger partial charge in [-0.05, 0) is 30.7 Å². The van der Waals surface area contributed by atoms with Gasteiger partial charge in [0, 0.05) is 18.9 Å². The Bertz CT molecular complexity index is 522. The molecule has 1 N–H and O–H groups in total. The Morgan fingerprint density at radius 3 is 2.70 bits per heavy atom. The minimum Gasteiger partial charge on any atom is -0.339 e. The van der Waals surface area contributed by atoms with Crippen LogP contribution in [0, 0.1) is 5.82 Å². The van der Waals surface area contributed by atoms with Crippen LogP contribution in [0.25, 0.3) is 0 Å². The van der Waals surface area contributed by atoms with E-state index < -0.39 is 0 Å². The van der Waals surface area contributed by atoms with Crippen LogP contribution in [0.4, 0.5) is 4.39 Å². The maximum atomic E-state index is 12.8. The predicted molar refractivity (Wildman–Crippen MR) is 75.0 cm³/mol. The second-order valence-electron chi connectivity index (χ2n) is 5.12. The molecule has 1 heterocycles. The van der Waals surface area contributed by atoms with Crippen molar-refractivity contribution < 1.29 is 8.91 Å². The monoisotopic (exact) mass is 277 g/mol. The molecule has 0 fully saturated rings. The van der Waals surface area contributed by atoms with E-state index in [1.54, 1.807) is 12.1 Å². The average molecular weight is 277 g/mol. The zero-order valence-corrected chi connectivity index (χ0v) is 11.9. The topological polar surface area (TPSA) is 51.0 Å². The number of rotatable bonds is 7. The van der Waals surface area contributed by atoms with E-state index >= 15 is 0 Å². The Hall–Kier alpha value is -1.75. The molecule has 1 aromatic heterocycles. The second kappa shape index (κ2) is 7.14. The van der Waals surface area contributed by atoms with E-state index in [1.807, 2.05) is 0 Å². The SMILES string of the molecule is CC(C)NCCCc1nc(Cc2ccc(F)cc2)no1. The van der Waals surface area contributed by atoms with Crippen molar-refractivity contribution in [1.82, 2.24) is 15.5 Å². The van der Waals surface area contributed by atoms with Gasteiger partial charge in [0.2, 0.25) is 5.89 Å². The number of nitrogens with zero attached hydrogens (tertiary/aromatic N) is 2. The third kappa shape index (κ3) is 4.74. The van der Waals surface area contributed by atoms with Crippen LogP contribution in [0.2, 0.25) is 0 Å². The lowest BCUT2D eigenvalue weighted by molar-refractivity contribution is 0.369. The number of nitrogens with one attached hydrogen (secondary N) is 1. The Kier molecular flexibility index (Phi) is 5.24. The van der Waals surface area contributed by atoms with Crippen LogP contribution in [-0.4, -0.2) is 22.7 Å². The fourth-order valence-electron chi connectivity index (χ4n) is 1.88. The number of aromatic nitrogens is 2. The summed E-state index contributed by atoms with van der Waals surface area (Å²) in [4.78, 5) is 4.35. The number of benzene rings is 1. The largest absolute Gasteiger partial charge is 0.339 e. The van der Waals surface area contributed by atoms with Crippen molar-refractivity contribution in [2.24, 2.45) is 0 Å². The first kappa shape index (κ1) is 14.7. The molecule has 0 amide bonds. The van der Waals surface area contributed by atoms with E-state index in [2.05, 4.69) is 29.3 Å². The lowest BCUT2D eigenvalue weighted by Gasteiger charge is -2.05. The van der Waals surface area contributed by atoms with E-state index in [1.165, 1.54) is 12.1 Å². The number of aryl methyl sites for hydroxylation is 1. The van der Waals surface area contributed by atoms with Gasteiger partial charge in [-0.1, -0.05) is 31.1 Å². The molecule has 2 rings (SSSR count). The number of hydrogen-bond donors (Lipinski definition) is 1. The Labute approximate surface area is 118 Å². The molecular weight excluding hydrogens is 257 g/mol. The Morgan fingerprint density at radius 2 is 2.00 bits per heavy atom. The van der Waals surface area contributed by atoms with Crippen molar-refractivity contribution in [3.05, 3.63) is 47.4 Å². The highest BCUT2D eigenvalue weighted by Gasteiger charge is 2.07. The normalized spacial score (nSPS) is 11.2. The van der Waals surface area contributed by atoms with Crippen molar-refractivity contribution in [3.8, 4) is 0 Å². The molecular formula is C15H20FN3O. The fourth-order valence-corrected chi connectivity index (χ4v) is 1.88. The quantitative estimate of drug-likeness (QED) is 0.791. The van der Waals surface area contributed by atoms with Crippen LogP contribution in [-0.2, 0) is 12.8 Å². The molecule has 0 saturated heterocycles. The van der Waals surface area contributed by atoms with E-state index in [0.717, 1.165) is 24.9 Å². The van der Waals surface area contributed by atoms with Crippen molar-refractivity contribution in [2.45, 2.75) is 39.2 Å². The molecule has 0 unspecified atom stereocenters. The molecule has 0 spiro atoms. The Balaban J connectivity index is 1.81. The van der Waals surface area contributed by atoms with E-state index in [-0.39, 0.29) is 5.82 Å². The first-order chi connectivity index (χ1) is 9.63. The van der Waals surface area contributed by atoms with Gasteiger partial charge in [0.1, 0.15) is 5.82 Å². The lowest BCUT2D eigenvalue weighted by Crippen LogP contribution is -2.23. The summed E-state index contributed by atoms with van der Waals surface area (Å²) in [6.45, 7) is 5.17. The number of halogens is 1. The highest BCUT2D eigenvalue weighted by atomic mass is 19.1. The highest BCUT2D eigenvalue weighted by Crippen LogP contribution is 2.09. The molecule has 20 heavy (non-hydrogen) atoms. The van der Waals surface area contributed by atoms with Gasteiger partial charge in [-0.3, -0.25) is 0 Å². The van der Waals surface area contributed by atoms with Gasteiger partial charge in [0.15, 0.2) is 5.82 Å². The van der Waals surface area contributed by atoms with Crippen LogP contribution in [0.5, 0.6) is 0 Å². The molecule has 0 aliphatic rings. The summed E-state index contributed by atoms with van der Waals surface area (Å²) in [6.07, 6.45) is 2.31. The third-order valence-corrected chi connectivity index (χ3v) is 2.91. The van der Waals surface area contributed by atoms with Crippen molar-refractivity contribution in [1.29, 1.82) is 0 Å². The molecule has 0 aliphatic carbocycles. The smallest absolute Gasteiger partial charge is 0.226 e. The summed E-state index contributed by atoms with van der Waals surface area (Å²) in [5.41, 5.74) is 0.972. The minimum absolute atomic E-state index is 0.236. The van der Waals surface area contributed by atoms with Crippen LogP contribution in [0.15, 0.2) is 28.8 Å². The highest BCUT2D eigenvalue weighted by molar-refractivity contribution is 5.19. The Morgan fingerprint density at radius 1 is 1.25 bits per heavy atom. The molecule has 0 aliphatic heterocycles. The molecule has 1 aromatic carbocycles. The van der Waals surface area contributed by atoms with Crippen LogP contribution >= 0.6 is 0 Å². The summed E-state index contributed by atoms with van der Waals surface area (Å²) in [5, 5.41) is 7.29. The van der Waals surface area contributed by atoms with Crippen LogP contribution in [0.3, 0.4) is 0 Å². The molecule has 108 valence electrons. The summed E-state index contributed by atoms with van der Waals surface area (Å²) in [7, 11) is 0.